The summed E-state index contributed by atoms with van der Waals surface area (Å²) in [7, 11) is 4.01. The number of ketones is 1. The molecule has 0 saturated carbocycles. The van der Waals surface area contributed by atoms with Crippen LogP contribution in [0, 0.1) is 0 Å². The van der Waals surface area contributed by atoms with Crippen LogP contribution in [0.4, 0.5) is 11.4 Å². The second kappa shape index (κ2) is 11.3. The minimum Gasteiger partial charge on any atom is -0.378 e. The fourth-order valence-corrected chi connectivity index (χ4v) is 3.71. The molecule has 4 rings (SSSR count). The van der Waals surface area contributed by atoms with E-state index in [-0.39, 0.29) is 11.7 Å². The Morgan fingerprint density at radius 3 is 2.11 bits per heavy atom. The molecule has 36 heavy (non-hydrogen) atoms. The van der Waals surface area contributed by atoms with E-state index in [1.165, 1.54) is 17.9 Å². The Bertz CT molecular complexity index is 1400. The number of aromatic nitrogens is 1. The van der Waals surface area contributed by atoms with Gasteiger partial charge < -0.3 is 9.80 Å². The molecule has 0 aliphatic carbocycles. The highest BCUT2D eigenvalue weighted by Crippen LogP contribution is 2.25. The van der Waals surface area contributed by atoms with E-state index in [4.69, 9.17) is 1.37 Å². The predicted octanol–water partition coefficient (Wildman–Crippen LogP) is 6.26. The standard InChI is InChI=1S/C31H29N3O2/c1-23(35)9-10-25-19-30(21-32-20-25)34(31(36)28-7-5-4-6-8-28)22-24-11-13-26(14-12-24)27-15-17-29(18-16-27)33(2)3/h4-21H,22H2,1-3H3/b10-9+/i22D. The topological polar surface area (TPSA) is 53.5 Å². The van der Waals surface area contributed by atoms with Gasteiger partial charge in [-0.25, -0.2) is 0 Å². The largest absolute Gasteiger partial charge is 0.378 e. The summed E-state index contributed by atoms with van der Waals surface area (Å²) >= 11 is 0. The highest BCUT2D eigenvalue weighted by atomic mass is 16.2. The lowest BCUT2D eigenvalue weighted by molar-refractivity contribution is -0.112. The van der Waals surface area contributed by atoms with Crippen LogP contribution in [-0.2, 0) is 11.3 Å². The number of allylic oxidation sites excluding steroid dienone is 1. The average Bonchev–Trinajstić information content (AvgIpc) is 2.93. The smallest absolute Gasteiger partial charge is 0.258 e. The molecular weight excluding hydrogens is 446 g/mol. The monoisotopic (exact) mass is 476 g/mol. The van der Waals surface area contributed by atoms with Crippen molar-refractivity contribution in [3.8, 4) is 11.1 Å². The zero-order valence-electron chi connectivity index (χ0n) is 21.6. The van der Waals surface area contributed by atoms with Crippen LogP contribution in [-0.4, -0.2) is 30.8 Å². The lowest BCUT2D eigenvalue weighted by Crippen LogP contribution is -2.30. The van der Waals surface area contributed by atoms with Gasteiger partial charge in [0.15, 0.2) is 5.78 Å². The zero-order chi connectivity index (χ0) is 26.4. The molecule has 5 nitrogen and oxygen atoms in total. The number of nitrogens with zero attached hydrogens (tertiary/aromatic N) is 3. The number of hydrogen-bond acceptors (Lipinski definition) is 4. The van der Waals surface area contributed by atoms with Gasteiger partial charge in [0.05, 0.1) is 19.8 Å². The highest BCUT2D eigenvalue weighted by Gasteiger charge is 2.19. The molecule has 1 unspecified atom stereocenters. The quantitative estimate of drug-likeness (QED) is 0.282. The molecule has 1 heterocycles. The summed E-state index contributed by atoms with van der Waals surface area (Å²) in [5.41, 5.74) is 5.51. The molecule has 180 valence electrons. The average molecular weight is 477 g/mol. The van der Waals surface area contributed by atoms with Gasteiger partial charge in [0, 0.05) is 31.5 Å². The van der Waals surface area contributed by atoms with Crippen LogP contribution in [0.3, 0.4) is 0 Å². The number of carbonyl (C=O) groups is 2. The van der Waals surface area contributed by atoms with Crippen LogP contribution in [0.25, 0.3) is 17.2 Å². The Morgan fingerprint density at radius 2 is 1.50 bits per heavy atom. The number of rotatable bonds is 8. The van der Waals surface area contributed by atoms with Crippen molar-refractivity contribution in [1.29, 1.82) is 0 Å². The van der Waals surface area contributed by atoms with Crippen molar-refractivity contribution >= 4 is 29.1 Å². The predicted molar refractivity (Wildman–Crippen MR) is 147 cm³/mol. The lowest BCUT2D eigenvalue weighted by atomic mass is 10.0. The van der Waals surface area contributed by atoms with E-state index in [9.17, 15) is 9.59 Å². The number of amides is 1. The van der Waals surface area contributed by atoms with E-state index < -0.39 is 6.52 Å². The maximum atomic E-state index is 13.6. The first kappa shape index (κ1) is 23.2. The minimum absolute atomic E-state index is 0.0857. The molecule has 0 N–H and O–H groups in total. The van der Waals surface area contributed by atoms with E-state index in [1.807, 2.05) is 44.4 Å². The van der Waals surface area contributed by atoms with Gasteiger partial charge in [-0.3, -0.25) is 14.6 Å². The summed E-state index contributed by atoms with van der Waals surface area (Å²) in [5, 5.41) is 0. The van der Waals surface area contributed by atoms with E-state index >= 15 is 0 Å². The number of pyridine rings is 1. The summed E-state index contributed by atoms with van der Waals surface area (Å²) in [6.45, 7) is 0.464. The van der Waals surface area contributed by atoms with Gasteiger partial charge in [-0.1, -0.05) is 54.6 Å². The number of benzene rings is 3. The Balaban J connectivity index is 1.68. The van der Waals surface area contributed by atoms with Crippen molar-refractivity contribution < 1.29 is 11.0 Å². The molecule has 0 aliphatic rings. The molecule has 1 aromatic heterocycles. The Hall–Kier alpha value is -4.51. The maximum absolute atomic E-state index is 13.6. The van der Waals surface area contributed by atoms with Gasteiger partial charge in [-0.15, -0.1) is 0 Å². The summed E-state index contributed by atoms with van der Waals surface area (Å²) in [6.07, 6.45) is 6.28. The molecule has 0 saturated heterocycles. The van der Waals surface area contributed by atoms with Crippen LogP contribution < -0.4 is 9.80 Å². The van der Waals surface area contributed by atoms with Crippen LogP contribution >= 0.6 is 0 Å². The van der Waals surface area contributed by atoms with Crippen LogP contribution in [0.1, 0.15) is 29.8 Å². The molecule has 0 aliphatic heterocycles. The van der Waals surface area contributed by atoms with Crippen LogP contribution in [0.2, 0.25) is 0 Å². The third-order valence-corrected chi connectivity index (χ3v) is 5.68. The highest BCUT2D eigenvalue weighted by molar-refractivity contribution is 6.06. The van der Waals surface area contributed by atoms with Crippen LogP contribution in [0.15, 0.2) is 103 Å². The van der Waals surface area contributed by atoms with Gasteiger partial charge in [0.25, 0.3) is 5.91 Å². The van der Waals surface area contributed by atoms with Crippen molar-refractivity contribution in [3.05, 3.63) is 120 Å². The lowest BCUT2D eigenvalue weighted by Gasteiger charge is -2.23. The van der Waals surface area contributed by atoms with E-state index in [0.717, 1.165) is 16.8 Å². The summed E-state index contributed by atoms with van der Waals surface area (Å²) < 4.78 is 9.08. The summed E-state index contributed by atoms with van der Waals surface area (Å²) in [6, 6.07) is 26.6. The first-order valence-electron chi connectivity index (χ1n) is 12.2. The van der Waals surface area contributed by atoms with E-state index in [0.29, 0.717) is 22.4 Å². The SMILES string of the molecule is [2H]C(c1ccc(-c2ccc(N(C)C)cc2)cc1)N(C(=O)c1ccccc1)c1cncc(/C=C/C(C)=O)c1. The number of hydrogen-bond donors (Lipinski definition) is 0. The van der Waals surface area contributed by atoms with Gasteiger partial charge in [0.2, 0.25) is 0 Å². The molecule has 0 radical (unpaired) electrons. The zero-order valence-corrected chi connectivity index (χ0v) is 20.6. The number of anilines is 2. The first-order chi connectivity index (χ1) is 17.8. The van der Waals surface area contributed by atoms with Crippen molar-refractivity contribution in [1.82, 2.24) is 4.98 Å². The fraction of sp³-hybridized carbons (Fsp3) is 0.129. The van der Waals surface area contributed by atoms with Gasteiger partial charge in [-0.05, 0) is 71.7 Å². The molecule has 0 spiro atoms. The van der Waals surface area contributed by atoms with Gasteiger partial charge in [0.1, 0.15) is 0 Å². The minimum atomic E-state index is -1.01. The van der Waals surface area contributed by atoms with Crippen molar-refractivity contribution in [2.24, 2.45) is 0 Å². The third kappa shape index (κ3) is 6.13. The maximum Gasteiger partial charge on any atom is 0.258 e. The van der Waals surface area contributed by atoms with E-state index in [2.05, 4.69) is 34.1 Å². The van der Waals surface area contributed by atoms with Crippen molar-refractivity contribution in [2.45, 2.75) is 13.4 Å². The van der Waals surface area contributed by atoms with Crippen molar-refractivity contribution in [2.75, 3.05) is 23.9 Å². The number of carbonyl (C=O) groups excluding carboxylic acids is 2. The van der Waals surface area contributed by atoms with E-state index in [1.54, 1.807) is 48.8 Å². The molecule has 0 bridgehead atoms. The Morgan fingerprint density at radius 1 is 0.861 bits per heavy atom. The Kier molecular flexibility index (Phi) is 7.28. The summed E-state index contributed by atoms with van der Waals surface area (Å²) in [4.78, 5) is 32.8. The van der Waals surface area contributed by atoms with Gasteiger partial charge >= 0.3 is 0 Å². The molecule has 1 atom stereocenters. The molecule has 3 aromatic carbocycles. The third-order valence-electron chi connectivity index (χ3n) is 5.68. The normalized spacial score (nSPS) is 12.1. The molecule has 5 heteroatoms. The second-order valence-corrected chi connectivity index (χ2v) is 8.65. The van der Waals surface area contributed by atoms with Crippen LogP contribution in [0.5, 0.6) is 0 Å². The Labute approximate surface area is 213 Å². The van der Waals surface area contributed by atoms with Crippen molar-refractivity contribution in [3.63, 3.8) is 0 Å². The summed E-state index contributed by atoms with van der Waals surface area (Å²) in [5.74, 6) is -0.393. The molecule has 4 aromatic rings. The van der Waals surface area contributed by atoms with Gasteiger partial charge in [-0.2, -0.15) is 0 Å². The second-order valence-electron chi connectivity index (χ2n) is 8.65. The molecule has 1 amide bonds. The molecular formula is C31H29N3O2. The first-order valence-corrected chi connectivity index (χ1v) is 11.7. The fourth-order valence-electron chi connectivity index (χ4n) is 3.71. The molecule has 0 fully saturated rings.